The van der Waals surface area contributed by atoms with Gasteiger partial charge in [0.2, 0.25) is 5.91 Å². The Labute approximate surface area is 144 Å². The molecule has 0 aliphatic rings. The Balaban J connectivity index is 2.33. The monoisotopic (exact) mass is 366 g/mol. The van der Waals surface area contributed by atoms with E-state index in [0.29, 0.717) is 5.56 Å². The van der Waals surface area contributed by atoms with Crippen LogP contribution >= 0.6 is 11.6 Å². The lowest BCUT2D eigenvalue weighted by atomic mass is 10.1. The zero-order valence-electron chi connectivity index (χ0n) is 12.7. The van der Waals surface area contributed by atoms with Crippen molar-refractivity contribution >= 4 is 33.3 Å². The van der Waals surface area contributed by atoms with Crippen LogP contribution < -0.4 is 11.1 Å². The molecule has 2 rings (SSSR count). The van der Waals surface area contributed by atoms with E-state index in [2.05, 4.69) is 5.32 Å². The number of carbonyl (C=O) groups is 2. The van der Waals surface area contributed by atoms with E-state index < -0.39 is 27.7 Å². The fraction of sp³-hybridized carbons (Fsp3) is 0.125. The maximum atomic E-state index is 12.4. The summed E-state index contributed by atoms with van der Waals surface area (Å²) < 4.78 is 23.4. The van der Waals surface area contributed by atoms with Gasteiger partial charge in [-0.15, -0.1) is 0 Å². The number of hydrogen-bond acceptors (Lipinski definition) is 4. The Bertz CT molecular complexity index is 882. The van der Waals surface area contributed by atoms with Crippen molar-refractivity contribution in [3.05, 3.63) is 64.7 Å². The third-order valence-electron chi connectivity index (χ3n) is 3.29. The number of carbonyl (C=O) groups excluding carboxylic acids is 2. The summed E-state index contributed by atoms with van der Waals surface area (Å²) in [5.74, 6) is -1.36. The Morgan fingerprint density at radius 3 is 2.29 bits per heavy atom. The maximum Gasteiger partial charge on any atom is 0.252 e. The molecule has 126 valence electrons. The van der Waals surface area contributed by atoms with Crippen LogP contribution in [0.2, 0.25) is 5.02 Å². The number of nitrogens with one attached hydrogen (secondary N) is 1. The minimum Gasteiger partial charge on any atom is -0.368 e. The molecule has 2 aromatic rings. The van der Waals surface area contributed by atoms with Crippen molar-refractivity contribution in [1.82, 2.24) is 5.32 Å². The zero-order valence-corrected chi connectivity index (χ0v) is 14.3. The van der Waals surface area contributed by atoms with Gasteiger partial charge in [-0.3, -0.25) is 9.59 Å². The molecule has 0 aliphatic heterocycles. The van der Waals surface area contributed by atoms with Crippen molar-refractivity contribution < 1.29 is 18.0 Å². The summed E-state index contributed by atoms with van der Waals surface area (Å²) in [6, 6.07) is 11.3. The molecule has 24 heavy (non-hydrogen) atoms. The number of halogens is 1. The molecule has 0 saturated heterocycles. The van der Waals surface area contributed by atoms with E-state index in [9.17, 15) is 18.0 Å². The van der Waals surface area contributed by atoms with Crippen LogP contribution in [0.4, 0.5) is 0 Å². The molecule has 0 saturated carbocycles. The van der Waals surface area contributed by atoms with Gasteiger partial charge in [-0.25, -0.2) is 8.42 Å². The first kappa shape index (κ1) is 18.0. The third kappa shape index (κ3) is 4.12. The fourth-order valence-electron chi connectivity index (χ4n) is 2.11. The molecule has 6 nitrogen and oxygen atoms in total. The zero-order chi connectivity index (χ0) is 17.9. The van der Waals surface area contributed by atoms with E-state index in [1.165, 1.54) is 12.1 Å². The highest BCUT2D eigenvalue weighted by Crippen LogP contribution is 2.23. The lowest BCUT2D eigenvalue weighted by Crippen LogP contribution is -2.37. The van der Waals surface area contributed by atoms with Crippen LogP contribution in [0.5, 0.6) is 0 Å². The summed E-state index contributed by atoms with van der Waals surface area (Å²) in [7, 11) is -3.59. The lowest BCUT2D eigenvalue weighted by Gasteiger charge is -2.16. The van der Waals surface area contributed by atoms with Gasteiger partial charge in [0, 0.05) is 11.8 Å². The van der Waals surface area contributed by atoms with E-state index in [-0.39, 0.29) is 15.5 Å². The van der Waals surface area contributed by atoms with E-state index in [1.54, 1.807) is 30.3 Å². The standard InChI is InChI=1S/C16H15ClN2O4S/c1-24(22,23)13-9-11(7-8-12(13)17)16(21)19-14(15(18)20)10-5-3-2-4-6-10/h2-9,14H,1H3,(H2,18,20)(H,19,21). The first-order chi connectivity index (χ1) is 11.2. The Hall–Kier alpha value is -2.38. The molecule has 2 aromatic carbocycles. The molecule has 1 atom stereocenters. The Morgan fingerprint density at radius 1 is 1.12 bits per heavy atom. The molecular weight excluding hydrogens is 352 g/mol. The molecule has 8 heteroatoms. The number of hydrogen-bond donors (Lipinski definition) is 2. The van der Waals surface area contributed by atoms with Gasteiger partial charge in [0.15, 0.2) is 9.84 Å². The van der Waals surface area contributed by atoms with Gasteiger partial charge in [-0.2, -0.15) is 0 Å². The summed E-state index contributed by atoms with van der Waals surface area (Å²) >= 11 is 5.85. The topological polar surface area (TPSA) is 106 Å². The van der Waals surface area contributed by atoms with E-state index in [0.717, 1.165) is 12.3 Å². The first-order valence-corrected chi connectivity index (χ1v) is 9.12. The smallest absolute Gasteiger partial charge is 0.252 e. The summed E-state index contributed by atoms with van der Waals surface area (Å²) in [6.45, 7) is 0. The predicted molar refractivity (Wildman–Crippen MR) is 90.4 cm³/mol. The average molecular weight is 367 g/mol. The van der Waals surface area contributed by atoms with Crippen LogP contribution in [0.15, 0.2) is 53.4 Å². The molecule has 0 radical (unpaired) electrons. The molecular formula is C16H15ClN2O4S. The van der Waals surface area contributed by atoms with Crippen LogP contribution in [-0.2, 0) is 14.6 Å². The fourth-order valence-corrected chi connectivity index (χ4v) is 3.41. The molecule has 0 fully saturated rings. The van der Waals surface area contributed by atoms with Crippen molar-refractivity contribution in [2.45, 2.75) is 10.9 Å². The van der Waals surface area contributed by atoms with Crippen molar-refractivity contribution in [3.63, 3.8) is 0 Å². The molecule has 0 spiro atoms. The normalized spacial score (nSPS) is 12.4. The van der Waals surface area contributed by atoms with Crippen molar-refractivity contribution in [1.29, 1.82) is 0 Å². The summed E-state index contributed by atoms with van der Waals surface area (Å²) in [4.78, 5) is 23.8. The number of amides is 2. The largest absolute Gasteiger partial charge is 0.368 e. The molecule has 0 bridgehead atoms. The van der Waals surface area contributed by atoms with Gasteiger partial charge in [0.25, 0.3) is 5.91 Å². The van der Waals surface area contributed by atoms with Crippen LogP contribution in [0.25, 0.3) is 0 Å². The van der Waals surface area contributed by atoms with Crippen molar-refractivity contribution in [2.24, 2.45) is 5.73 Å². The number of benzene rings is 2. The molecule has 0 heterocycles. The highest BCUT2D eigenvalue weighted by atomic mass is 35.5. The molecule has 0 aromatic heterocycles. The highest BCUT2D eigenvalue weighted by Gasteiger charge is 2.22. The average Bonchev–Trinajstić information content (AvgIpc) is 2.52. The van der Waals surface area contributed by atoms with Crippen LogP contribution in [0.3, 0.4) is 0 Å². The second-order valence-electron chi connectivity index (χ2n) is 5.14. The molecule has 3 N–H and O–H groups in total. The molecule has 1 unspecified atom stereocenters. The minimum atomic E-state index is -3.59. The Kier molecular flexibility index (Phi) is 5.26. The van der Waals surface area contributed by atoms with Gasteiger partial charge < -0.3 is 11.1 Å². The number of primary amides is 1. The maximum absolute atomic E-state index is 12.4. The van der Waals surface area contributed by atoms with Gasteiger partial charge >= 0.3 is 0 Å². The van der Waals surface area contributed by atoms with Crippen LogP contribution in [0.1, 0.15) is 22.0 Å². The second kappa shape index (κ2) is 7.02. The van der Waals surface area contributed by atoms with E-state index in [4.69, 9.17) is 17.3 Å². The van der Waals surface area contributed by atoms with Crippen molar-refractivity contribution in [3.8, 4) is 0 Å². The highest BCUT2D eigenvalue weighted by molar-refractivity contribution is 7.90. The lowest BCUT2D eigenvalue weighted by molar-refractivity contribution is -0.120. The first-order valence-electron chi connectivity index (χ1n) is 6.85. The quantitative estimate of drug-likeness (QED) is 0.839. The summed E-state index contributed by atoms with van der Waals surface area (Å²) in [5.41, 5.74) is 5.93. The van der Waals surface area contributed by atoms with Crippen LogP contribution in [-0.4, -0.2) is 26.5 Å². The number of nitrogens with two attached hydrogens (primary N) is 1. The Morgan fingerprint density at radius 2 is 1.75 bits per heavy atom. The van der Waals surface area contributed by atoms with Crippen LogP contribution in [0, 0.1) is 0 Å². The van der Waals surface area contributed by atoms with Gasteiger partial charge in [0.1, 0.15) is 6.04 Å². The van der Waals surface area contributed by atoms with E-state index >= 15 is 0 Å². The number of rotatable bonds is 5. The SMILES string of the molecule is CS(=O)(=O)c1cc(C(=O)NC(C(N)=O)c2ccccc2)ccc1Cl. The van der Waals surface area contributed by atoms with Crippen molar-refractivity contribution in [2.75, 3.05) is 6.26 Å². The van der Waals surface area contributed by atoms with Gasteiger partial charge in [-0.1, -0.05) is 41.9 Å². The third-order valence-corrected chi connectivity index (χ3v) is 4.86. The van der Waals surface area contributed by atoms with E-state index in [1.807, 2.05) is 0 Å². The van der Waals surface area contributed by atoms with Gasteiger partial charge in [-0.05, 0) is 23.8 Å². The molecule has 2 amide bonds. The number of sulfone groups is 1. The predicted octanol–water partition coefficient (Wildman–Crippen LogP) is 1.70. The van der Waals surface area contributed by atoms with Gasteiger partial charge in [0.05, 0.1) is 9.92 Å². The summed E-state index contributed by atoms with van der Waals surface area (Å²) in [6.07, 6.45) is 0.992. The molecule has 0 aliphatic carbocycles. The second-order valence-corrected chi connectivity index (χ2v) is 7.53. The summed E-state index contributed by atoms with van der Waals surface area (Å²) in [5, 5.41) is 2.51. The minimum absolute atomic E-state index is 0.0172.